The van der Waals surface area contributed by atoms with E-state index in [1.807, 2.05) is 0 Å². The van der Waals surface area contributed by atoms with Crippen LogP contribution in [0, 0.1) is 0 Å². The summed E-state index contributed by atoms with van der Waals surface area (Å²) >= 11 is 0. The molecule has 0 aliphatic rings. The van der Waals surface area contributed by atoms with E-state index >= 15 is 0 Å². The van der Waals surface area contributed by atoms with Gasteiger partial charge >= 0.3 is 0 Å². The highest BCUT2D eigenvalue weighted by atomic mass is 15.2. The second-order valence-electron chi connectivity index (χ2n) is 14.6. The molecule has 0 saturated carbocycles. The van der Waals surface area contributed by atoms with E-state index in [9.17, 15) is 0 Å². The second kappa shape index (κ2) is 14.0. The van der Waals surface area contributed by atoms with E-state index in [1.165, 1.54) is 32.6 Å². The van der Waals surface area contributed by atoms with E-state index in [4.69, 9.17) is 0 Å². The highest BCUT2D eigenvalue weighted by molar-refractivity contribution is 6.12. The van der Waals surface area contributed by atoms with Crippen molar-refractivity contribution in [2.45, 2.75) is 0 Å². The van der Waals surface area contributed by atoms with Crippen LogP contribution in [0.25, 0.3) is 55.0 Å². The monoisotopic (exact) mass is 742 g/mol. The molecule has 0 aliphatic carbocycles. The van der Waals surface area contributed by atoms with Crippen molar-refractivity contribution in [3.8, 4) is 11.4 Å². The SMILES string of the molecule is c1ccc(N(c2ccccc2)c2ccc3c(c2)c2ccccc2n3-c2ccc(-n3c4ccccc4c4ccccc43)c(N(c3ccccc3)c3ccccc3)c2)cc1. The molecule has 0 fully saturated rings. The van der Waals surface area contributed by atoms with E-state index in [-0.39, 0.29) is 0 Å². The summed E-state index contributed by atoms with van der Waals surface area (Å²) in [7, 11) is 0. The van der Waals surface area contributed by atoms with Crippen molar-refractivity contribution in [3.63, 3.8) is 0 Å². The standard InChI is InChI=1S/C54H38N4/c1-5-19-39(20-6-1)55(40-21-7-2-8-22-40)43-33-35-52-48(37-43)47-29-15-16-30-49(47)57(52)44-34-36-53(58-50-31-17-13-27-45(50)46-28-14-18-32-51(46)58)54(38-44)56(41-23-9-3-10-24-41)42-25-11-4-12-26-42/h1-38H. The van der Waals surface area contributed by atoms with Crippen LogP contribution >= 0.6 is 0 Å². The summed E-state index contributed by atoms with van der Waals surface area (Å²) in [5.41, 5.74) is 13.4. The molecule has 0 N–H and O–H groups in total. The van der Waals surface area contributed by atoms with Gasteiger partial charge in [0.15, 0.2) is 0 Å². The summed E-state index contributed by atoms with van der Waals surface area (Å²) in [5, 5.41) is 4.87. The van der Waals surface area contributed by atoms with Crippen LogP contribution in [0.3, 0.4) is 0 Å². The largest absolute Gasteiger partial charge is 0.310 e. The Kier molecular flexibility index (Phi) is 8.11. The van der Waals surface area contributed by atoms with Gasteiger partial charge in [0.25, 0.3) is 0 Å². The van der Waals surface area contributed by atoms with E-state index in [0.717, 1.165) is 56.5 Å². The van der Waals surface area contributed by atoms with Gasteiger partial charge in [-0.2, -0.15) is 0 Å². The number of hydrogen-bond donors (Lipinski definition) is 0. The molecule has 0 unspecified atom stereocenters. The van der Waals surface area contributed by atoms with Gasteiger partial charge in [0.2, 0.25) is 0 Å². The first-order valence-electron chi connectivity index (χ1n) is 19.8. The molecular weight excluding hydrogens is 705 g/mol. The van der Waals surface area contributed by atoms with Gasteiger partial charge in [-0.25, -0.2) is 0 Å². The summed E-state index contributed by atoms with van der Waals surface area (Å²) in [6, 6.07) is 82.8. The predicted octanol–water partition coefficient (Wildman–Crippen LogP) is 14.8. The van der Waals surface area contributed by atoms with Gasteiger partial charge < -0.3 is 18.9 Å². The number of para-hydroxylation sites is 7. The minimum Gasteiger partial charge on any atom is -0.310 e. The van der Waals surface area contributed by atoms with Crippen LogP contribution in [0.1, 0.15) is 0 Å². The zero-order valence-electron chi connectivity index (χ0n) is 31.7. The molecule has 9 aromatic carbocycles. The molecule has 274 valence electrons. The van der Waals surface area contributed by atoms with Crippen molar-refractivity contribution in [1.29, 1.82) is 0 Å². The molecule has 0 aliphatic heterocycles. The highest BCUT2D eigenvalue weighted by Crippen LogP contribution is 2.44. The average molecular weight is 743 g/mol. The zero-order valence-corrected chi connectivity index (χ0v) is 31.7. The number of rotatable bonds is 8. The van der Waals surface area contributed by atoms with Gasteiger partial charge in [-0.1, -0.05) is 127 Å². The molecule has 58 heavy (non-hydrogen) atoms. The number of aromatic nitrogens is 2. The fraction of sp³-hybridized carbons (Fsp3) is 0. The summed E-state index contributed by atoms with van der Waals surface area (Å²) in [6.45, 7) is 0. The smallest absolute Gasteiger partial charge is 0.0723 e. The maximum absolute atomic E-state index is 2.43. The van der Waals surface area contributed by atoms with E-state index in [2.05, 4.69) is 249 Å². The van der Waals surface area contributed by atoms with Gasteiger partial charge in [-0.05, 0) is 103 Å². The third-order valence-electron chi connectivity index (χ3n) is 11.3. The third-order valence-corrected chi connectivity index (χ3v) is 11.3. The quantitative estimate of drug-likeness (QED) is 0.154. The van der Waals surface area contributed by atoms with E-state index < -0.39 is 0 Å². The molecular formula is C54H38N4. The number of nitrogens with zero attached hydrogens (tertiary/aromatic N) is 4. The first-order chi connectivity index (χ1) is 28.8. The average Bonchev–Trinajstić information content (AvgIpc) is 3.81. The van der Waals surface area contributed by atoms with Crippen molar-refractivity contribution in [3.05, 3.63) is 231 Å². The molecule has 0 saturated heterocycles. The Balaban J connectivity index is 1.18. The molecule has 2 heterocycles. The minimum atomic E-state index is 1.07. The van der Waals surface area contributed by atoms with Gasteiger partial charge in [0, 0.05) is 55.7 Å². The van der Waals surface area contributed by atoms with Gasteiger partial charge in [-0.3, -0.25) is 0 Å². The number of fused-ring (bicyclic) bond motifs is 6. The Hall–Kier alpha value is -7.82. The van der Waals surface area contributed by atoms with Crippen molar-refractivity contribution < 1.29 is 0 Å². The second-order valence-corrected chi connectivity index (χ2v) is 14.6. The van der Waals surface area contributed by atoms with Crippen LogP contribution in [0.5, 0.6) is 0 Å². The molecule has 0 amide bonds. The van der Waals surface area contributed by atoms with Crippen molar-refractivity contribution in [1.82, 2.24) is 9.13 Å². The zero-order chi connectivity index (χ0) is 38.4. The predicted molar refractivity (Wildman–Crippen MR) is 244 cm³/mol. The Labute approximate surface area is 337 Å². The van der Waals surface area contributed by atoms with Crippen LogP contribution < -0.4 is 9.80 Å². The fourth-order valence-electron chi connectivity index (χ4n) is 8.76. The van der Waals surface area contributed by atoms with Crippen LogP contribution in [0.4, 0.5) is 34.1 Å². The topological polar surface area (TPSA) is 16.3 Å². The lowest BCUT2D eigenvalue weighted by Gasteiger charge is -2.29. The summed E-state index contributed by atoms with van der Waals surface area (Å²) < 4.78 is 4.86. The number of anilines is 6. The Morgan fingerprint density at radius 2 is 0.655 bits per heavy atom. The normalized spacial score (nSPS) is 11.4. The van der Waals surface area contributed by atoms with Crippen molar-refractivity contribution >= 4 is 77.7 Å². The van der Waals surface area contributed by atoms with Gasteiger partial charge in [0.1, 0.15) is 0 Å². The Morgan fingerprint density at radius 1 is 0.259 bits per heavy atom. The Bertz CT molecular complexity index is 3090. The van der Waals surface area contributed by atoms with Gasteiger partial charge in [0.05, 0.1) is 33.4 Å². The first-order valence-corrected chi connectivity index (χ1v) is 19.8. The molecule has 0 spiro atoms. The molecule has 4 nitrogen and oxygen atoms in total. The molecule has 0 radical (unpaired) electrons. The van der Waals surface area contributed by atoms with Crippen molar-refractivity contribution in [2.75, 3.05) is 9.80 Å². The lowest BCUT2D eigenvalue weighted by molar-refractivity contribution is 1.12. The fourth-order valence-corrected chi connectivity index (χ4v) is 8.76. The number of benzene rings is 9. The maximum atomic E-state index is 2.43. The maximum Gasteiger partial charge on any atom is 0.0723 e. The first kappa shape index (κ1) is 33.5. The summed E-state index contributed by atoms with van der Waals surface area (Å²) in [4.78, 5) is 4.73. The minimum absolute atomic E-state index is 1.07. The van der Waals surface area contributed by atoms with E-state index in [1.54, 1.807) is 0 Å². The third kappa shape index (κ3) is 5.54. The molecule has 0 bridgehead atoms. The molecule has 4 heteroatoms. The molecule has 11 aromatic rings. The summed E-state index contributed by atoms with van der Waals surface area (Å²) in [5.74, 6) is 0. The van der Waals surface area contributed by atoms with E-state index in [0.29, 0.717) is 0 Å². The molecule has 0 atom stereocenters. The highest BCUT2D eigenvalue weighted by Gasteiger charge is 2.23. The van der Waals surface area contributed by atoms with Crippen LogP contribution in [-0.2, 0) is 0 Å². The molecule has 11 rings (SSSR count). The van der Waals surface area contributed by atoms with Crippen LogP contribution in [0.15, 0.2) is 231 Å². The lowest BCUT2D eigenvalue weighted by Crippen LogP contribution is -2.14. The van der Waals surface area contributed by atoms with Crippen LogP contribution in [0.2, 0.25) is 0 Å². The van der Waals surface area contributed by atoms with Gasteiger partial charge in [-0.15, -0.1) is 0 Å². The van der Waals surface area contributed by atoms with Crippen LogP contribution in [-0.4, -0.2) is 9.13 Å². The molecule has 2 aromatic heterocycles. The summed E-state index contributed by atoms with van der Waals surface area (Å²) in [6.07, 6.45) is 0. The Morgan fingerprint density at radius 3 is 1.16 bits per heavy atom. The van der Waals surface area contributed by atoms with Crippen molar-refractivity contribution in [2.24, 2.45) is 0 Å². The number of hydrogen-bond acceptors (Lipinski definition) is 2. The lowest BCUT2D eigenvalue weighted by atomic mass is 10.1.